The maximum atomic E-state index is 12.0. The molecule has 1 aromatic carbocycles. The van der Waals surface area contributed by atoms with Gasteiger partial charge in [0, 0.05) is 19.2 Å². The van der Waals surface area contributed by atoms with Crippen molar-refractivity contribution in [2.75, 3.05) is 4.90 Å². The van der Waals surface area contributed by atoms with E-state index in [1.807, 2.05) is 6.07 Å². The lowest BCUT2D eigenvalue weighted by Gasteiger charge is -2.21. The third kappa shape index (κ3) is 3.07. The zero-order chi connectivity index (χ0) is 16.3. The number of nitriles is 1. The molecule has 1 N–H and O–H groups in total. The maximum Gasteiger partial charge on any atom is 0.229 e. The Labute approximate surface area is 126 Å². The van der Waals surface area contributed by atoms with E-state index in [0.29, 0.717) is 11.3 Å². The number of anilines is 2. The fourth-order valence-electron chi connectivity index (χ4n) is 2.13. The number of aromatic nitrogens is 1. The summed E-state index contributed by atoms with van der Waals surface area (Å²) in [4.78, 5) is 15.6. The van der Waals surface area contributed by atoms with Gasteiger partial charge in [0.25, 0.3) is 0 Å². The molecular weight excluding hydrogens is 284 g/mol. The standard InChI is InChI=1S/C15H13N4O3/c1-10-5-12(9-16)7-14(6-10)18(11(2)20)15-8-13(19(21)22)3-4-17-15/h3-8,17H,1-2H3/q-1. The molecule has 0 aliphatic rings. The molecule has 0 aliphatic carbocycles. The van der Waals surface area contributed by atoms with E-state index in [1.54, 1.807) is 25.1 Å². The van der Waals surface area contributed by atoms with Crippen LogP contribution in [0.5, 0.6) is 0 Å². The zero-order valence-corrected chi connectivity index (χ0v) is 12.0. The number of nitrogens with one attached hydrogen (secondary N) is 1. The Morgan fingerprint density at radius 3 is 2.64 bits per heavy atom. The first kappa shape index (κ1) is 15.1. The van der Waals surface area contributed by atoms with Crippen LogP contribution in [0.2, 0.25) is 0 Å². The Bertz CT molecular complexity index is 829. The highest BCUT2D eigenvalue weighted by atomic mass is 16.8. The van der Waals surface area contributed by atoms with E-state index < -0.39 is 4.90 Å². The smallest absolute Gasteiger partial charge is 0.229 e. The lowest BCUT2D eigenvalue weighted by atomic mass is 10.1. The van der Waals surface area contributed by atoms with Gasteiger partial charge in [-0.3, -0.25) is 9.69 Å². The van der Waals surface area contributed by atoms with Gasteiger partial charge in [0.05, 0.1) is 23.4 Å². The summed E-state index contributed by atoms with van der Waals surface area (Å²) in [5, 5.41) is 30.7. The molecule has 7 heteroatoms. The number of rotatable bonds is 2. The summed E-state index contributed by atoms with van der Waals surface area (Å²) in [5.74, 6) is -0.0672. The Hall–Kier alpha value is -3.27. The van der Waals surface area contributed by atoms with E-state index in [0.717, 1.165) is 5.56 Å². The number of carbonyl (C=O) groups excluding carboxylic acids is 1. The van der Waals surface area contributed by atoms with Crippen molar-refractivity contribution < 1.29 is 4.79 Å². The zero-order valence-electron chi connectivity index (χ0n) is 12.0. The Kier molecular flexibility index (Phi) is 4.13. The van der Waals surface area contributed by atoms with Crippen molar-refractivity contribution in [2.45, 2.75) is 13.8 Å². The van der Waals surface area contributed by atoms with Crippen molar-refractivity contribution in [1.82, 2.24) is 9.89 Å². The van der Waals surface area contributed by atoms with Crippen molar-refractivity contribution in [3.8, 4) is 6.07 Å². The highest BCUT2D eigenvalue weighted by Gasteiger charge is 2.16. The first-order valence-corrected chi connectivity index (χ1v) is 6.41. The third-order valence-electron chi connectivity index (χ3n) is 2.99. The predicted octanol–water partition coefficient (Wildman–Crippen LogP) is 1.65. The second-order valence-corrected chi connectivity index (χ2v) is 4.71. The summed E-state index contributed by atoms with van der Waals surface area (Å²) < 4.78 is 0. The third-order valence-corrected chi connectivity index (χ3v) is 2.99. The van der Waals surface area contributed by atoms with Crippen LogP contribution >= 0.6 is 0 Å². The largest absolute Gasteiger partial charge is 0.612 e. The number of H-pyrrole nitrogens is 1. The molecule has 1 amide bonds. The van der Waals surface area contributed by atoms with Gasteiger partial charge in [0.2, 0.25) is 11.3 Å². The monoisotopic (exact) mass is 297 g/mol. The van der Waals surface area contributed by atoms with Crippen molar-refractivity contribution in [3.63, 3.8) is 0 Å². The van der Waals surface area contributed by atoms with Crippen molar-refractivity contribution in [1.29, 1.82) is 5.26 Å². The number of nitrogens with zero attached hydrogens (tertiary/aromatic N) is 3. The van der Waals surface area contributed by atoms with Crippen molar-refractivity contribution in [3.05, 3.63) is 63.4 Å². The SMILES string of the molecule is CC(=O)N(c1cc(C)cc(C#N)c1)c1cc(=[N+]([O-])[O-])cc[nH]1. The number of pyridine rings is 1. The molecule has 0 saturated carbocycles. The van der Waals surface area contributed by atoms with Crippen LogP contribution in [0.3, 0.4) is 0 Å². The summed E-state index contributed by atoms with van der Waals surface area (Å²) in [6.45, 7) is 3.15. The van der Waals surface area contributed by atoms with Crippen LogP contribution in [-0.2, 0) is 4.79 Å². The molecular formula is C15H13N4O3-. The molecule has 22 heavy (non-hydrogen) atoms. The van der Waals surface area contributed by atoms with Crippen LogP contribution < -0.4 is 15.2 Å². The molecule has 0 saturated heterocycles. The number of aryl methyl sites for hydroxylation is 1. The molecule has 0 unspecified atom stereocenters. The maximum absolute atomic E-state index is 12.0. The van der Waals surface area contributed by atoms with Gasteiger partial charge < -0.3 is 15.4 Å². The quantitative estimate of drug-likeness (QED) is 0.850. The first-order valence-electron chi connectivity index (χ1n) is 6.41. The predicted molar refractivity (Wildman–Crippen MR) is 81.5 cm³/mol. The summed E-state index contributed by atoms with van der Waals surface area (Å²) in [7, 11) is 0. The molecule has 7 nitrogen and oxygen atoms in total. The molecule has 0 aliphatic heterocycles. The van der Waals surface area contributed by atoms with E-state index in [1.165, 1.54) is 30.2 Å². The summed E-state index contributed by atoms with van der Waals surface area (Å²) >= 11 is 0. The Morgan fingerprint density at radius 2 is 2.05 bits per heavy atom. The minimum atomic E-state index is -0.535. The van der Waals surface area contributed by atoms with Crippen molar-refractivity contribution >= 4 is 17.4 Å². The van der Waals surface area contributed by atoms with Gasteiger partial charge in [-0.15, -0.1) is 0 Å². The van der Waals surface area contributed by atoms with E-state index in [2.05, 4.69) is 4.98 Å². The van der Waals surface area contributed by atoms with Gasteiger partial charge in [0.15, 0.2) is 0 Å². The average molecular weight is 297 g/mol. The topological polar surface area (TPSA) is 109 Å². The average Bonchev–Trinajstić information content (AvgIpc) is 2.46. The fraction of sp³-hybridized carbons (Fsp3) is 0.133. The number of benzene rings is 1. The minimum Gasteiger partial charge on any atom is -0.612 e. The fourth-order valence-corrected chi connectivity index (χ4v) is 2.13. The molecule has 0 fully saturated rings. The van der Waals surface area contributed by atoms with E-state index in [4.69, 9.17) is 5.26 Å². The second kappa shape index (κ2) is 6.01. The molecule has 112 valence electrons. The molecule has 0 spiro atoms. The van der Waals surface area contributed by atoms with Crippen LogP contribution in [-0.4, -0.2) is 10.9 Å². The van der Waals surface area contributed by atoms with E-state index >= 15 is 0 Å². The second-order valence-electron chi connectivity index (χ2n) is 4.71. The van der Waals surface area contributed by atoms with Gasteiger partial charge in [-0.2, -0.15) is 10.2 Å². The highest BCUT2D eigenvalue weighted by molar-refractivity contribution is 5.98. The Balaban J connectivity index is 2.65. The van der Waals surface area contributed by atoms with E-state index in [9.17, 15) is 15.2 Å². The lowest BCUT2D eigenvalue weighted by molar-refractivity contribution is -0.115. The van der Waals surface area contributed by atoms with Crippen LogP contribution in [0.15, 0.2) is 36.5 Å². The van der Waals surface area contributed by atoms with Gasteiger partial charge in [-0.1, -0.05) is 0 Å². The van der Waals surface area contributed by atoms with Crippen LogP contribution in [0.1, 0.15) is 18.1 Å². The summed E-state index contributed by atoms with van der Waals surface area (Å²) in [6.07, 6.45) is 1.39. The Morgan fingerprint density at radius 1 is 1.32 bits per heavy atom. The molecule has 0 radical (unpaired) electrons. The van der Waals surface area contributed by atoms with Crippen LogP contribution in [0.25, 0.3) is 0 Å². The number of amides is 1. The number of hydrogen-bond donors (Lipinski definition) is 1. The summed E-state index contributed by atoms with van der Waals surface area (Å²) in [6, 6.07) is 9.59. The molecule has 2 aromatic rings. The normalized spacial score (nSPS) is 9.86. The molecule has 2 rings (SSSR count). The number of aromatic amines is 1. The molecule has 0 atom stereocenters. The number of carbonyl (C=O) groups is 1. The van der Waals surface area contributed by atoms with E-state index in [-0.39, 0.29) is 17.1 Å². The van der Waals surface area contributed by atoms with Gasteiger partial charge >= 0.3 is 0 Å². The van der Waals surface area contributed by atoms with Crippen LogP contribution in [0.4, 0.5) is 11.5 Å². The summed E-state index contributed by atoms with van der Waals surface area (Å²) in [5.41, 5.74) is 1.69. The van der Waals surface area contributed by atoms with Crippen molar-refractivity contribution in [2.24, 2.45) is 0 Å². The van der Waals surface area contributed by atoms with Gasteiger partial charge in [-0.25, -0.2) is 0 Å². The molecule has 0 bridgehead atoms. The van der Waals surface area contributed by atoms with Gasteiger partial charge in [0.1, 0.15) is 5.82 Å². The first-order chi connectivity index (χ1) is 10.4. The molecule has 1 aromatic heterocycles. The number of hydrogen-bond acceptors (Lipinski definition) is 4. The van der Waals surface area contributed by atoms with Crippen LogP contribution in [0, 0.1) is 28.7 Å². The highest BCUT2D eigenvalue weighted by Crippen LogP contribution is 2.25. The minimum absolute atomic E-state index is 0.131. The molecule has 1 heterocycles. The van der Waals surface area contributed by atoms with Gasteiger partial charge in [-0.05, 0) is 30.7 Å². The lowest BCUT2D eigenvalue weighted by Crippen LogP contribution is -2.27.